The van der Waals surface area contributed by atoms with Crippen LogP contribution in [0.5, 0.6) is 11.5 Å². The number of benzene rings is 2. The summed E-state index contributed by atoms with van der Waals surface area (Å²) in [4.78, 5) is 25.2. The van der Waals surface area contributed by atoms with Crippen LogP contribution in [0.4, 0.5) is 4.39 Å². The number of aliphatic carboxylic acids is 1. The normalized spacial score (nSPS) is 13.0. The predicted octanol–water partition coefficient (Wildman–Crippen LogP) is 2.71. The Kier molecular flexibility index (Phi) is 5.36. The summed E-state index contributed by atoms with van der Waals surface area (Å²) in [6.45, 7) is 0.611. The highest BCUT2D eigenvalue weighted by Crippen LogP contribution is 2.31. The van der Waals surface area contributed by atoms with E-state index >= 15 is 0 Å². The third-order valence-electron chi connectivity index (χ3n) is 3.89. The van der Waals surface area contributed by atoms with Crippen LogP contribution in [-0.2, 0) is 11.3 Å². The zero-order valence-electron chi connectivity index (χ0n) is 14.0. The number of nitrogens with zero attached hydrogens (tertiary/aromatic N) is 1. The van der Waals surface area contributed by atoms with E-state index in [1.165, 1.54) is 29.2 Å². The van der Waals surface area contributed by atoms with Crippen molar-refractivity contribution in [1.29, 1.82) is 0 Å². The Morgan fingerprint density at radius 1 is 1.04 bits per heavy atom. The fourth-order valence-corrected chi connectivity index (χ4v) is 2.65. The monoisotopic (exact) mass is 359 g/mol. The maximum Gasteiger partial charge on any atom is 0.323 e. The summed E-state index contributed by atoms with van der Waals surface area (Å²) in [5, 5.41) is 9.13. The maximum atomic E-state index is 13.1. The number of carbonyl (C=O) groups is 2. The summed E-state index contributed by atoms with van der Waals surface area (Å²) in [6, 6.07) is 10.4. The van der Waals surface area contributed by atoms with Crippen molar-refractivity contribution >= 4 is 11.9 Å². The molecule has 7 heteroatoms. The third-order valence-corrected chi connectivity index (χ3v) is 3.89. The lowest BCUT2D eigenvalue weighted by Gasteiger charge is -2.21. The molecule has 0 spiro atoms. The molecule has 0 fully saturated rings. The van der Waals surface area contributed by atoms with Crippen LogP contribution in [0.3, 0.4) is 0 Å². The minimum atomic E-state index is -1.13. The standard InChI is InChI=1S/C19H18FNO5/c20-15-5-2-13(3-6-15)11-21(12-18(22)23)19(24)14-4-7-16-17(10-14)26-9-1-8-25-16/h2-7,10H,1,8-9,11-12H2,(H,22,23). The number of halogens is 1. The number of ether oxygens (including phenoxy) is 2. The highest BCUT2D eigenvalue weighted by atomic mass is 19.1. The third kappa shape index (κ3) is 4.30. The van der Waals surface area contributed by atoms with Crippen molar-refractivity contribution in [3.05, 3.63) is 59.4 Å². The van der Waals surface area contributed by atoms with Crippen molar-refractivity contribution in [3.8, 4) is 11.5 Å². The van der Waals surface area contributed by atoms with Gasteiger partial charge in [-0.1, -0.05) is 12.1 Å². The lowest BCUT2D eigenvalue weighted by Crippen LogP contribution is -2.35. The summed E-state index contributed by atoms with van der Waals surface area (Å²) in [7, 11) is 0. The average Bonchev–Trinajstić information content (AvgIpc) is 2.86. The van der Waals surface area contributed by atoms with Crippen LogP contribution < -0.4 is 9.47 Å². The molecule has 0 aliphatic carbocycles. The molecule has 1 N–H and O–H groups in total. The van der Waals surface area contributed by atoms with E-state index in [0.29, 0.717) is 35.8 Å². The number of hydrogen-bond donors (Lipinski definition) is 1. The van der Waals surface area contributed by atoms with Crippen molar-refractivity contribution in [2.24, 2.45) is 0 Å². The van der Waals surface area contributed by atoms with Gasteiger partial charge in [0.05, 0.1) is 13.2 Å². The Morgan fingerprint density at radius 3 is 2.42 bits per heavy atom. The molecule has 3 rings (SSSR count). The molecule has 1 aliphatic heterocycles. The molecule has 0 atom stereocenters. The summed E-state index contributed by atoms with van der Waals surface area (Å²) in [5.41, 5.74) is 0.938. The van der Waals surface area contributed by atoms with E-state index in [1.54, 1.807) is 18.2 Å². The van der Waals surface area contributed by atoms with E-state index in [4.69, 9.17) is 14.6 Å². The molecular formula is C19H18FNO5. The van der Waals surface area contributed by atoms with Crippen molar-refractivity contribution in [2.45, 2.75) is 13.0 Å². The second kappa shape index (κ2) is 7.86. The fraction of sp³-hybridized carbons (Fsp3) is 0.263. The largest absolute Gasteiger partial charge is 0.490 e. The Bertz CT molecular complexity index is 806. The molecule has 0 saturated heterocycles. The first-order valence-electron chi connectivity index (χ1n) is 8.18. The van der Waals surface area contributed by atoms with Crippen molar-refractivity contribution in [2.75, 3.05) is 19.8 Å². The quantitative estimate of drug-likeness (QED) is 0.888. The van der Waals surface area contributed by atoms with E-state index < -0.39 is 24.2 Å². The molecule has 0 unspecified atom stereocenters. The van der Waals surface area contributed by atoms with Gasteiger partial charge in [0.1, 0.15) is 12.4 Å². The van der Waals surface area contributed by atoms with Crippen LogP contribution in [0.2, 0.25) is 0 Å². The predicted molar refractivity (Wildman–Crippen MR) is 90.8 cm³/mol. The maximum absolute atomic E-state index is 13.1. The van der Waals surface area contributed by atoms with Gasteiger partial charge in [-0.3, -0.25) is 9.59 Å². The lowest BCUT2D eigenvalue weighted by atomic mass is 10.1. The van der Waals surface area contributed by atoms with Crippen molar-refractivity contribution in [1.82, 2.24) is 4.90 Å². The molecule has 1 amide bonds. The first kappa shape index (κ1) is 17.7. The number of carboxylic acids is 1. The van der Waals surface area contributed by atoms with Crippen LogP contribution >= 0.6 is 0 Å². The molecule has 26 heavy (non-hydrogen) atoms. The van der Waals surface area contributed by atoms with Crippen LogP contribution in [0.25, 0.3) is 0 Å². The SMILES string of the molecule is O=C(O)CN(Cc1ccc(F)cc1)C(=O)c1ccc2c(c1)OCCCO2. The second-order valence-electron chi connectivity index (χ2n) is 5.89. The number of fused-ring (bicyclic) bond motifs is 1. The Morgan fingerprint density at radius 2 is 1.73 bits per heavy atom. The topological polar surface area (TPSA) is 76.1 Å². The van der Waals surface area contributed by atoms with E-state index in [1.807, 2.05) is 0 Å². The zero-order chi connectivity index (χ0) is 18.5. The van der Waals surface area contributed by atoms with Crippen LogP contribution in [0.1, 0.15) is 22.3 Å². The molecule has 1 aliphatic rings. The van der Waals surface area contributed by atoms with E-state index in [2.05, 4.69) is 0 Å². The molecule has 1 heterocycles. The first-order valence-corrected chi connectivity index (χ1v) is 8.18. The Hall–Kier alpha value is -3.09. The Labute approximate surface area is 149 Å². The first-order chi connectivity index (χ1) is 12.5. The lowest BCUT2D eigenvalue weighted by molar-refractivity contribution is -0.137. The number of hydrogen-bond acceptors (Lipinski definition) is 4. The van der Waals surface area contributed by atoms with Gasteiger partial charge in [-0.15, -0.1) is 0 Å². The van der Waals surface area contributed by atoms with Gasteiger partial charge in [-0.05, 0) is 35.9 Å². The summed E-state index contributed by atoms with van der Waals surface area (Å²) in [6.07, 6.45) is 0.744. The summed E-state index contributed by atoms with van der Waals surface area (Å²) in [5.74, 6) is -0.956. The van der Waals surface area contributed by atoms with Gasteiger partial charge in [-0.2, -0.15) is 0 Å². The molecule has 2 aromatic carbocycles. The van der Waals surface area contributed by atoms with Crippen LogP contribution in [0, 0.1) is 5.82 Å². The smallest absolute Gasteiger partial charge is 0.323 e. The fourth-order valence-electron chi connectivity index (χ4n) is 2.65. The van der Waals surface area contributed by atoms with Crippen molar-refractivity contribution in [3.63, 3.8) is 0 Å². The summed E-state index contributed by atoms with van der Waals surface area (Å²) < 4.78 is 24.2. The van der Waals surface area contributed by atoms with Gasteiger partial charge < -0.3 is 19.5 Å². The molecule has 0 saturated carbocycles. The van der Waals surface area contributed by atoms with Crippen LogP contribution in [-0.4, -0.2) is 41.6 Å². The molecule has 0 aromatic heterocycles. The van der Waals surface area contributed by atoms with Gasteiger partial charge >= 0.3 is 5.97 Å². The summed E-state index contributed by atoms with van der Waals surface area (Å²) >= 11 is 0. The highest BCUT2D eigenvalue weighted by Gasteiger charge is 2.21. The van der Waals surface area contributed by atoms with Gasteiger partial charge in [0.2, 0.25) is 0 Å². The van der Waals surface area contributed by atoms with E-state index in [0.717, 1.165) is 6.42 Å². The van der Waals surface area contributed by atoms with E-state index in [-0.39, 0.29) is 6.54 Å². The molecule has 6 nitrogen and oxygen atoms in total. The van der Waals surface area contributed by atoms with E-state index in [9.17, 15) is 14.0 Å². The van der Waals surface area contributed by atoms with Crippen LogP contribution in [0.15, 0.2) is 42.5 Å². The molecule has 0 radical (unpaired) electrons. The number of carboxylic acid groups (broad SMARTS) is 1. The highest BCUT2D eigenvalue weighted by molar-refractivity contribution is 5.96. The van der Waals surface area contributed by atoms with Gasteiger partial charge in [0.25, 0.3) is 5.91 Å². The van der Waals surface area contributed by atoms with Crippen molar-refractivity contribution < 1.29 is 28.6 Å². The average molecular weight is 359 g/mol. The number of carbonyl (C=O) groups excluding carboxylic acids is 1. The molecule has 0 bridgehead atoms. The van der Waals surface area contributed by atoms with Gasteiger partial charge in [0, 0.05) is 18.5 Å². The number of rotatable bonds is 5. The van der Waals surface area contributed by atoms with Gasteiger partial charge in [0.15, 0.2) is 11.5 Å². The number of amides is 1. The minimum absolute atomic E-state index is 0.0554. The molecule has 136 valence electrons. The minimum Gasteiger partial charge on any atom is -0.490 e. The Balaban J connectivity index is 1.83. The second-order valence-corrected chi connectivity index (χ2v) is 5.89. The zero-order valence-corrected chi connectivity index (χ0v) is 14.0. The molecular weight excluding hydrogens is 341 g/mol. The van der Waals surface area contributed by atoms with Gasteiger partial charge in [-0.25, -0.2) is 4.39 Å². The molecule has 2 aromatic rings.